The van der Waals surface area contributed by atoms with Crippen molar-refractivity contribution < 1.29 is 4.79 Å². The van der Waals surface area contributed by atoms with Crippen molar-refractivity contribution in [3.63, 3.8) is 0 Å². The average molecular weight is 380 g/mol. The van der Waals surface area contributed by atoms with Gasteiger partial charge in [-0.25, -0.2) is 0 Å². The van der Waals surface area contributed by atoms with Crippen LogP contribution in [0.3, 0.4) is 0 Å². The number of carbonyl (C=O) groups is 1. The molecular formula is C21H27Cl2NO. The standard InChI is InChI=1S/C21H27Cl2NO/c1-17(2)16-24-21(25)12-10-8-6-4-3-5-7-9-11-18-13-14-19(22)20(23)15-18/h6-10,12-15,17H,3-5,11,16H2,1-2H3,(H,24,25)/b8-6+,9-7+,12-10+. The summed E-state index contributed by atoms with van der Waals surface area (Å²) in [4.78, 5) is 11.5. The molecule has 1 N–H and O–H groups in total. The first kappa shape index (κ1) is 21.5. The molecule has 0 bridgehead atoms. The Hall–Kier alpha value is -1.51. The third-order valence-electron chi connectivity index (χ3n) is 3.43. The molecule has 1 aromatic rings. The number of carbonyl (C=O) groups excluding carboxylic acids is 1. The van der Waals surface area contributed by atoms with Crippen molar-refractivity contribution in [1.29, 1.82) is 0 Å². The van der Waals surface area contributed by atoms with Crippen molar-refractivity contribution in [3.05, 3.63) is 70.3 Å². The van der Waals surface area contributed by atoms with Gasteiger partial charge in [0.05, 0.1) is 10.0 Å². The molecule has 1 rings (SSSR count). The number of hydrogen-bond donors (Lipinski definition) is 1. The molecule has 0 saturated heterocycles. The lowest BCUT2D eigenvalue weighted by atomic mass is 10.1. The van der Waals surface area contributed by atoms with Gasteiger partial charge >= 0.3 is 0 Å². The summed E-state index contributed by atoms with van der Waals surface area (Å²) in [6, 6.07) is 5.72. The first-order valence-corrected chi connectivity index (χ1v) is 9.44. The van der Waals surface area contributed by atoms with Crippen LogP contribution in [-0.2, 0) is 11.2 Å². The summed E-state index contributed by atoms with van der Waals surface area (Å²) in [5.41, 5.74) is 1.16. The van der Waals surface area contributed by atoms with E-state index in [0.717, 1.165) is 31.2 Å². The summed E-state index contributed by atoms with van der Waals surface area (Å²) < 4.78 is 0. The van der Waals surface area contributed by atoms with Crippen molar-refractivity contribution in [3.8, 4) is 0 Å². The zero-order valence-corrected chi connectivity index (χ0v) is 16.5. The highest BCUT2D eigenvalue weighted by molar-refractivity contribution is 6.42. The van der Waals surface area contributed by atoms with Gasteiger partial charge in [-0.05, 0) is 49.3 Å². The normalized spacial score (nSPS) is 12.0. The largest absolute Gasteiger partial charge is 0.352 e. The predicted molar refractivity (Wildman–Crippen MR) is 109 cm³/mol. The summed E-state index contributed by atoms with van der Waals surface area (Å²) in [5, 5.41) is 4.03. The van der Waals surface area contributed by atoms with Crippen LogP contribution in [0.15, 0.2) is 54.7 Å². The second-order valence-electron chi connectivity index (χ2n) is 6.28. The van der Waals surface area contributed by atoms with Crippen LogP contribution in [0.5, 0.6) is 0 Å². The maximum Gasteiger partial charge on any atom is 0.243 e. The molecule has 0 atom stereocenters. The molecular weight excluding hydrogens is 353 g/mol. The van der Waals surface area contributed by atoms with Gasteiger partial charge in [0.1, 0.15) is 0 Å². The molecule has 0 aromatic heterocycles. The minimum Gasteiger partial charge on any atom is -0.352 e. The van der Waals surface area contributed by atoms with Gasteiger partial charge in [-0.2, -0.15) is 0 Å². The lowest BCUT2D eigenvalue weighted by Crippen LogP contribution is -2.25. The molecule has 2 nitrogen and oxygen atoms in total. The Balaban J connectivity index is 2.12. The quantitative estimate of drug-likeness (QED) is 0.224. The van der Waals surface area contributed by atoms with E-state index in [1.54, 1.807) is 12.2 Å². The second kappa shape index (κ2) is 12.8. The van der Waals surface area contributed by atoms with Gasteiger partial charge in [0.2, 0.25) is 5.91 Å². The smallest absolute Gasteiger partial charge is 0.243 e. The van der Waals surface area contributed by atoms with Gasteiger partial charge in [0.25, 0.3) is 0 Å². The maximum absolute atomic E-state index is 11.5. The Labute approximate surface area is 161 Å². The molecule has 136 valence electrons. The molecule has 0 unspecified atom stereocenters. The zero-order valence-electron chi connectivity index (χ0n) is 15.0. The van der Waals surface area contributed by atoms with E-state index in [9.17, 15) is 4.79 Å². The number of rotatable bonds is 10. The maximum atomic E-state index is 11.5. The van der Waals surface area contributed by atoms with Gasteiger partial charge < -0.3 is 5.32 Å². The van der Waals surface area contributed by atoms with Gasteiger partial charge in [-0.3, -0.25) is 4.79 Å². The van der Waals surface area contributed by atoms with E-state index in [2.05, 4.69) is 37.4 Å². The van der Waals surface area contributed by atoms with Crippen molar-refractivity contribution in [2.75, 3.05) is 6.54 Å². The third kappa shape index (κ3) is 10.9. The van der Waals surface area contributed by atoms with Crippen LogP contribution in [0.25, 0.3) is 0 Å². The van der Waals surface area contributed by atoms with E-state index in [1.165, 1.54) is 0 Å². The molecule has 4 heteroatoms. The highest BCUT2D eigenvalue weighted by atomic mass is 35.5. The molecule has 0 aliphatic heterocycles. The van der Waals surface area contributed by atoms with Crippen LogP contribution in [-0.4, -0.2) is 12.5 Å². The van der Waals surface area contributed by atoms with E-state index in [-0.39, 0.29) is 5.91 Å². The molecule has 0 radical (unpaired) electrons. The topological polar surface area (TPSA) is 29.1 Å². The number of allylic oxidation sites excluding steroid dienone is 5. The fourth-order valence-electron chi connectivity index (χ4n) is 2.04. The van der Waals surface area contributed by atoms with Crippen LogP contribution in [0.2, 0.25) is 10.0 Å². The van der Waals surface area contributed by atoms with E-state index < -0.39 is 0 Å². The van der Waals surface area contributed by atoms with Crippen molar-refractivity contribution in [2.45, 2.75) is 39.5 Å². The van der Waals surface area contributed by atoms with Crippen LogP contribution in [0.4, 0.5) is 0 Å². The summed E-state index contributed by atoms with van der Waals surface area (Å²) in [6.07, 6.45) is 15.7. The number of amides is 1. The number of halogens is 2. The number of unbranched alkanes of at least 4 members (excludes halogenated alkanes) is 2. The van der Waals surface area contributed by atoms with Gasteiger partial charge in [-0.15, -0.1) is 0 Å². The summed E-state index contributed by atoms with van der Waals surface area (Å²) in [7, 11) is 0. The Morgan fingerprint density at radius 3 is 2.56 bits per heavy atom. The Morgan fingerprint density at radius 2 is 1.84 bits per heavy atom. The summed E-state index contributed by atoms with van der Waals surface area (Å²) in [6.45, 7) is 4.85. The molecule has 0 aliphatic carbocycles. The predicted octanol–water partition coefficient (Wildman–Crippen LogP) is 6.15. The first-order chi connectivity index (χ1) is 12.0. The monoisotopic (exact) mass is 379 g/mol. The van der Waals surface area contributed by atoms with E-state index in [4.69, 9.17) is 23.2 Å². The van der Waals surface area contributed by atoms with Crippen molar-refractivity contribution >= 4 is 29.1 Å². The van der Waals surface area contributed by atoms with E-state index >= 15 is 0 Å². The summed E-state index contributed by atoms with van der Waals surface area (Å²) >= 11 is 11.9. The fraction of sp³-hybridized carbons (Fsp3) is 0.381. The minimum absolute atomic E-state index is 0.0383. The van der Waals surface area contributed by atoms with E-state index in [1.807, 2.05) is 24.3 Å². The minimum atomic E-state index is -0.0383. The Morgan fingerprint density at radius 1 is 1.08 bits per heavy atom. The molecule has 0 saturated carbocycles. The number of benzene rings is 1. The number of hydrogen-bond acceptors (Lipinski definition) is 1. The SMILES string of the molecule is CC(C)CNC(=O)/C=C/C=C/CCC/C=C/Cc1ccc(Cl)c(Cl)c1. The second-order valence-corrected chi connectivity index (χ2v) is 7.10. The lowest BCUT2D eigenvalue weighted by molar-refractivity contribution is -0.116. The van der Waals surface area contributed by atoms with Crippen LogP contribution in [0, 0.1) is 5.92 Å². The molecule has 1 amide bonds. The molecule has 0 aliphatic rings. The molecule has 0 fully saturated rings. The van der Waals surface area contributed by atoms with Crippen LogP contribution < -0.4 is 5.32 Å². The fourth-order valence-corrected chi connectivity index (χ4v) is 2.36. The van der Waals surface area contributed by atoms with Crippen LogP contribution >= 0.6 is 23.2 Å². The highest BCUT2D eigenvalue weighted by Crippen LogP contribution is 2.22. The molecule has 25 heavy (non-hydrogen) atoms. The Kier molecular flexibility index (Phi) is 11.0. The van der Waals surface area contributed by atoms with Crippen molar-refractivity contribution in [2.24, 2.45) is 5.92 Å². The molecule has 0 spiro atoms. The van der Waals surface area contributed by atoms with Crippen molar-refractivity contribution in [1.82, 2.24) is 5.32 Å². The first-order valence-electron chi connectivity index (χ1n) is 8.69. The zero-order chi connectivity index (χ0) is 18.5. The van der Waals surface area contributed by atoms with Crippen LogP contribution in [0.1, 0.15) is 38.7 Å². The average Bonchev–Trinajstić information content (AvgIpc) is 2.57. The summed E-state index contributed by atoms with van der Waals surface area (Å²) in [5.74, 6) is 0.432. The lowest BCUT2D eigenvalue weighted by Gasteiger charge is -2.03. The molecule has 0 heterocycles. The van der Waals surface area contributed by atoms with E-state index in [0.29, 0.717) is 22.5 Å². The van der Waals surface area contributed by atoms with Gasteiger partial charge in [0.15, 0.2) is 0 Å². The van der Waals surface area contributed by atoms with Gasteiger partial charge in [-0.1, -0.05) is 73.5 Å². The van der Waals surface area contributed by atoms with Gasteiger partial charge in [0, 0.05) is 12.6 Å². The Bertz CT molecular complexity index is 618. The number of nitrogens with one attached hydrogen (secondary N) is 1. The third-order valence-corrected chi connectivity index (χ3v) is 4.16. The molecule has 1 aromatic carbocycles. The highest BCUT2D eigenvalue weighted by Gasteiger charge is 1.97.